The standard InChI is InChI=1S/C10H7Br4NS2/c1-15-8(4-2-7(12)17-9(4)13)6-3-5(11)10(14)16-6/h2-3,8,15H,1H3. The number of nitrogens with one attached hydrogen (secondary N) is 1. The molecule has 7 heteroatoms. The highest BCUT2D eigenvalue weighted by atomic mass is 79.9. The third kappa shape index (κ3) is 3.24. The van der Waals surface area contributed by atoms with Crippen LogP contribution < -0.4 is 5.32 Å². The number of rotatable bonds is 3. The minimum absolute atomic E-state index is 0.208. The summed E-state index contributed by atoms with van der Waals surface area (Å²) in [6.07, 6.45) is 0. The minimum Gasteiger partial charge on any atom is -0.309 e. The van der Waals surface area contributed by atoms with E-state index in [9.17, 15) is 0 Å². The van der Waals surface area contributed by atoms with Crippen LogP contribution in [0.4, 0.5) is 0 Å². The molecule has 0 amide bonds. The Morgan fingerprint density at radius 1 is 1.06 bits per heavy atom. The van der Waals surface area contributed by atoms with Gasteiger partial charge in [-0.15, -0.1) is 22.7 Å². The van der Waals surface area contributed by atoms with Crippen LogP contribution in [0.2, 0.25) is 0 Å². The first-order valence-corrected chi connectivity index (χ1v) is 9.40. The van der Waals surface area contributed by atoms with Crippen LogP contribution in [0.3, 0.4) is 0 Å². The highest BCUT2D eigenvalue weighted by molar-refractivity contribution is 9.13. The van der Waals surface area contributed by atoms with Crippen molar-refractivity contribution in [3.05, 3.63) is 38.4 Å². The average Bonchev–Trinajstić information content (AvgIpc) is 2.74. The molecule has 0 saturated heterocycles. The van der Waals surface area contributed by atoms with Crippen molar-refractivity contribution in [2.45, 2.75) is 6.04 Å². The van der Waals surface area contributed by atoms with E-state index in [1.165, 1.54) is 10.4 Å². The van der Waals surface area contributed by atoms with Gasteiger partial charge >= 0.3 is 0 Å². The summed E-state index contributed by atoms with van der Waals surface area (Å²) in [5, 5.41) is 3.35. The SMILES string of the molecule is CNC(c1cc(Br)c(Br)s1)c1cc(Br)sc1Br. The van der Waals surface area contributed by atoms with Crippen molar-refractivity contribution in [1.29, 1.82) is 0 Å². The van der Waals surface area contributed by atoms with Gasteiger partial charge in [-0.05, 0) is 82.9 Å². The van der Waals surface area contributed by atoms with E-state index >= 15 is 0 Å². The second kappa shape index (κ2) is 6.15. The minimum atomic E-state index is 0.208. The summed E-state index contributed by atoms with van der Waals surface area (Å²) in [7, 11) is 1.98. The molecule has 2 rings (SSSR count). The lowest BCUT2D eigenvalue weighted by Gasteiger charge is -2.13. The fraction of sp³-hybridized carbons (Fsp3) is 0.200. The maximum Gasteiger partial charge on any atom is 0.0843 e. The van der Waals surface area contributed by atoms with Gasteiger partial charge in [-0.1, -0.05) is 0 Å². The van der Waals surface area contributed by atoms with Gasteiger partial charge in [0.1, 0.15) is 0 Å². The Morgan fingerprint density at radius 2 is 1.76 bits per heavy atom. The van der Waals surface area contributed by atoms with Crippen LogP contribution in [-0.4, -0.2) is 7.05 Å². The maximum absolute atomic E-state index is 3.61. The molecular formula is C10H7Br4NS2. The van der Waals surface area contributed by atoms with Crippen LogP contribution in [0.5, 0.6) is 0 Å². The molecule has 0 radical (unpaired) electrons. The van der Waals surface area contributed by atoms with Gasteiger partial charge in [0.2, 0.25) is 0 Å². The third-order valence-corrected chi connectivity index (χ3v) is 7.94. The molecule has 92 valence electrons. The van der Waals surface area contributed by atoms with E-state index < -0.39 is 0 Å². The van der Waals surface area contributed by atoms with Crippen LogP contribution in [0.1, 0.15) is 16.5 Å². The van der Waals surface area contributed by atoms with E-state index in [1.807, 2.05) is 7.05 Å². The highest BCUT2D eigenvalue weighted by Crippen LogP contribution is 2.42. The van der Waals surface area contributed by atoms with E-state index in [1.54, 1.807) is 22.7 Å². The molecule has 1 unspecified atom stereocenters. The smallest absolute Gasteiger partial charge is 0.0843 e. The monoisotopic (exact) mass is 521 g/mol. The molecule has 17 heavy (non-hydrogen) atoms. The van der Waals surface area contributed by atoms with Crippen molar-refractivity contribution < 1.29 is 0 Å². The summed E-state index contributed by atoms with van der Waals surface area (Å²) in [4.78, 5) is 1.28. The van der Waals surface area contributed by atoms with E-state index in [4.69, 9.17) is 0 Å². The molecular weight excluding hydrogens is 518 g/mol. The predicted octanol–water partition coefficient (Wildman–Crippen LogP) is 6.17. The second-order valence-electron chi connectivity index (χ2n) is 3.27. The molecule has 0 aliphatic carbocycles. The van der Waals surface area contributed by atoms with E-state index in [0.29, 0.717) is 0 Å². The summed E-state index contributed by atoms with van der Waals surface area (Å²) >= 11 is 17.6. The van der Waals surface area contributed by atoms with Gasteiger partial charge in [0, 0.05) is 14.9 Å². The zero-order valence-electron chi connectivity index (χ0n) is 8.56. The van der Waals surface area contributed by atoms with Crippen molar-refractivity contribution >= 4 is 86.4 Å². The molecule has 0 fully saturated rings. The lowest BCUT2D eigenvalue weighted by atomic mass is 10.1. The molecule has 2 aromatic heterocycles. The first-order valence-electron chi connectivity index (χ1n) is 4.59. The second-order valence-corrected chi connectivity index (χ2v) is 10.3. The number of hydrogen-bond donors (Lipinski definition) is 1. The normalized spacial score (nSPS) is 13.0. The quantitative estimate of drug-likeness (QED) is 0.506. The van der Waals surface area contributed by atoms with Crippen molar-refractivity contribution in [3.63, 3.8) is 0 Å². The van der Waals surface area contributed by atoms with Gasteiger partial charge in [0.25, 0.3) is 0 Å². The molecule has 2 aromatic rings. The van der Waals surface area contributed by atoms with Crippen LogP contribution in [0.25, 0.3) is 0 Å². The van der Waals surface area contributed by atoms with Gasteiger partial charge in [-0.2, -0.15) is 0 Å². The molecule has 1 nitrogen and oxygen atoms in total. The molecule has 1 atom stereocenters. The molecule has 1 N–H and O–H groups in total. The maximum atomic E-state index is 3.61. The largest absolute Gasteiger partial charge is 0.309 e. The molecule has 0 aliphatic heterocycles. The summed E-state index contributed by atoms with van der Waals surface area (Å²) < 4.78 is 4.51. The van der Waals surface area contributed by atoms with Gasteiger partial charge in [-0.3, -0.25) is 0 Å². The van der Waals surface area contributed by atoms with Gasteiger partial charge < -0.3 is 5.32 Å². The van der Waals surface area contributed by atoms with Gasteiger partial charge in [0.05, 0.1) is 17.4 Å². The summed E-state index contributed by atoms with van der Waals surface area (Å²) in [5.74, 6) is 0. The van der Waals surface area contributed by atoms with Gasteiger partial charge in [0.15, 0.2) is 0 Å². The summed E-state index contributed by atoms with van der Waals surface area (Å²) in [6.45, 7) is 0. The highest BCUT2D eigenvalue weighted by Gasteiger charge is 2.20. The number of thiophene rings is 2. The van der Waals surface area contributed by atoms with E-state index in [0.717, 1.165) is 15.8 Å². The number of halogens is 4. The Morgan fingerprint density at radius 3 is 2.18 bits per heavy atom. The lowest BCUT2D eigenvalue weighted by molar-refractivity contribution is 0.704. The first kappa shape index (κ1) is 14.7. The first-order chi connectivity index (χ1) is 8.02. The molecule has 0 aromatic carbocycles. The molecule has 0 bridgehead atoms. The van der Waals surface area contributed by atoms with Crippen LogP contribution in [-0.2, 0) is 0 Å². The van der Waals surface area contributed by atoms with Crippen LogP contribution in [0.15, 0.2) is 28.0 Å². The van der Waals surface area contributed by atoms with E-state index in [2.05, 4.69) is 81.2 Å². The zero-order valence-corrected chi connectivity index (χ0v) is 16.5. The Balaban J connectivity index is 2.43. The molecule has 0 aliphatic rings. The van der Waals surface area contributed by atoms with Crippen LogP contribution in [0, 0.1) is 0 Å². The van der Waals surface area contributed by atoms with Crippen molar-refractivity contribution in [3.8, 4) is 0 Å². The van der Waals surface area contributed by atoms with Crippen molar-refractivity contribution in [2.75, 3.05) is 7.05 Å². The number of hydrogen-bond acceptors (Lipinski definition) is 3. The fourth-order valence-corrected chi connectivity index (χ4v) is 6.63. The van der Waals surface area contributed by atoms with Crippen molar-refractivity contribution in [2.24, 2.45) is 0 Å². The molecule has 2 heterocycles. The Hall–Kier alpha value is 1.28. The Labute approximate surface area is 142 Å². The lowest BCUT2D eigenvalue weighted by Crippen LogP contribution is -2.16. The summed E-state index contributed by atoms with van der Waals surface area (Å²) in [5.41, 5.74) is 1.26. The Bertz CT molecular complexity index is 515. The summed E-state index contributed by atoms with van der Waals surface area (Å²) in [6, 6.07) is 4.50. The van der Waals surface area contributed by atoms with E-state index in [-0.39, 0.29) is 6.04 Å². The molecule has 0 saturated carbocycles. The zero-order chi connectivity index (χ0) is 12.6. The topological polar surface area (TPSA) is 12.0 Å². The average molecular weight is 525 g/mol. The Kier molecular flexibility index (Phi) is 5.32. The van der Waals surface area contributed by atoms with Crippen molar-refractivity contribution in [1.82, 2.24) is 5.32 Å². The fourth-order valence-electron chi connectivity index (χ4n) is 1.51. The third-order valence-electron chi connectivity index (χ3n) is 2.23. The molecule has 0 spiro atoms. The van der Waals surface area contributed by atoms with Gasteiger partial charge in [-0.25, -0.2) is 0 Å². The predicted molar refractivity (Wildman–Crippen MR) is 90.3 cm³/mol. The van der Waals surface area contributed by atoms with Crippen LogP contribution >= 0.6 is 86.4 Å².